The molecule has 0 radical (unpaired) electrons. The minimum atomic E-state index is -3.57. The van der Waals surface area contributed by atoms with Gasteiger partial charge in [0, 0.05) is 25.7 Å². The molecule has 2 aromatic carbocycles. The molecule has 6 nitrogen and oxygen atoms in total. The van der Waals surface area contributed by atoms with E-state index < -0.39 is 10.0 Å². The fourth-order valence-electron chi connectivity index (χ4n) is 3.53. The van der Waals surface area contributed by atoms with E-state index in [1.165, 1.54) is 39.9 Å². The predicted octanol–water partition coefficient (Wildman–Crippen LogP) is 4.41. The number of nitrogens with zero attached hydrogens (tertiary/aromatic N) is 3. The second-order valence-electron chi connectivity index (χ2n) is 7.67. The molecular formula is C23H29N3O3S2. The zero-order chi connectivity index (χ0) is 22.8. The predicted molar refractivity (Wildman–Crippen MR) is 126 cm³/mol. The number of carbonyl (C=O) groups is 1. The number of aryl methyl sites for hydroxylation is 3. The third kappa shape index (κ3) is 4.81. The van der Waals surface area contributed by atoms with Gasteiger partial charge in [0.1, 0.15) is 0 Å². The number of unbranched alkanes of at least 4 members (excludes halogenated alkanes) is 1. The first kappa shape index (κ1) is 23.4. The highest BCUT2D eigenvalue weighted by molar-refractivity contribution is 7.89. The number of carbonyl (C=O) groups excluding carboxylic acids is 1. The van der Waals surface area contributed by atoms with Crippen molar-refractivity contribution in [2.24, 2.45) is 12.0 Å². The molecule has 0 atom stereocenters. The van der Waals surface area contributed by atoms with Crippen LogP contribution in [0.5, 0.6) is 0 Å². The highest BCUT2D eigenvalue weighted by atomic mass is 32.2. The monoisotopic (exact) mass is 459 g/mol. The van der Waals surface area contributed by atoms with E-state index in [1.54, 1.807) is 0 Å². The maximum Gasteiger partial charge on any atom is 0.279 e. The van der Waals surface area contributed by atoms with Crippen LogP contribution in [-0.2, 0) is 17.1 Å². The lowest BCUT2D eigenvalue weighted by molar-refractivity contribution is 0.0998. The molecule has 0 bridgehead atoms. The van der Waals surface area contributed by atoms with E-state index in [0.29, 0.717) is 23.5 Å². The first-order valence-electron chi connectivity index (χ1n) is 10.4. The molecule has 1 amide bonds. The van der Waals surface area contributed by atoms with Gasteiger partial charge in [0.25, 0.3) is 5.91 Å². The van der Waals surface area contributed by atoms with Crippen molar-refractivity contribution in [2.45, 2.75) is 45.4 Å². The number of rotatable bonds is 7. The Morgan fingerprint density at radius 1 is 1.13 bits per heavy atom. The highest BCUT2D eigenvalue weighted by Gasteiger charge is 2.22. The molecular weight excluding hydrogens is 430 g/mol. The third-order valence-electron chi connectivity index (χ3n) is 5.29. The SMILES string of the molecule is CCCCN(CC)S(=O)(=O)c1ccc(C(=O)N=c2sc3c(C)cc(C)cc3n2C)cc1. The summed E-state index contributed by atoms with van der Waals surface area (Å²) in [6.07, 6.45) is 1.74. The van der Waals surface area contributed by atoms with Crippen LogP contribution in [0.3, 0.4) is 0 Å². The van der Waals surface area contributed by atoms with Crippen LogP contribution in [0.4, 0.5) is 0 Å². The number of sulfonamides is 1. The van der Waals surface area contributed by atoms with Crippen LogP contribution in [0, 0.1) is 13.8 Å². The molecule has 0 spiro atoms. The van der Waals surface area contributed by atoms with Crippen LogP contribution >= 0.6 is 11.3 Å². The zero-order valence-corrected chi connectivity index (χ0v) is 20.3. The molecule has 1 aromatic heterocycles. The highest BCUT2D eigenvalue weighted by Crippen LogP contribution is 2.23. The van der Waals surface area contributed by atoms with Gasteiger partial charge in [0.05, 0.1) is 15.1 Å². The molecule has 0 saturated carbocycles. The van der Waals surface area contributed by atoms with Crippen molar-refractivity contribution in [3.8, 4) is 0 Å². The van der Waals surface area contributed by atoms with E-state index in [2.05, 4.69) is 24.0 Å². The lowest BCUT2D eigenvalue weighted by Gasteiger charge is -2.20. The Balaban J connectivity index is 1.91. The zero-order valence-electron chi connectivity index (χ0n) is 18.7. The van der Waals surface area contributed by atoms with Crippen molar-refractivity contribution in [2.75, 3.05) is 13.1 Å². The van der Waals surface area contributed by atoms with Gasteiger partial charge in [-0.3, -0.25) is 4.79 Å². The summed E-state index contributed by atoms with van der Waals surface area (Å²) >= 11 is 1.48. The van der Waals surface area contributed by atoms with Crippen LogP contribution in [0.15, 0.2) is 46.3 Å². The molecule has 0 saturated heterocycles. The maximum absolute atomic E-state index is 12.9. The number of hydrogen-bond acceptors (Lipinski definition) is 4. The number of aromatic nitrogens is 1. The minimum absolute atomic E-state index is 0.195. The fraction of sp³-hybridized carbons (Fsp3) is 0.391. The summed E-state index contributed by atoms with van der Waals surface area (Å²) in [5.41, 5.74) is 3.72. The summed E-state index contributed by atoms with van der Waals surface area (Å²) in [6, 6.07) is 10.3. The molecule has 0 aliphatic heterocycles. The molecule has 0 fully saturated rings. The van der Waals surface area contributed by atoms with Crippen molar-refractivity contribution < 1.29 is 13.2 Å². The van der Waals surface area contributed by atoms with Gasteiger partial charge in [-0.05, 0) is 61.7 Å². The topological polar surface area (TPSA) is 71.7 Å². The van der Waals surface area contributed by atoms with Crippen LogP contribution in [-0.4, -0.2) is 36.3 Å². The standard InChI is InChI=1S/C23H29N3O3S2/c1-6-8-13-26(7-2)31(28,29)19-11-9-18(10-12-19)22(27)24-23-25(5)20-15-16(3)14-17(4)21(20)30-23/h9-12,14-15H,6-8,13H2,1-5H3. The lowest BCUT2D eigenvalue weighted by Crippen LogP contribution is -2.31. The van der Waals surface area contributed by atoms with Crippen molar-refractivity contribution in [3.63, 3.8) is 0 Å². The average Bonchev–Trinajstić information content (AvgIpc) is 3.04. The number of fused-ring (bicyclic) bond motifs is 1. The third-order valence-corrected chi connectivity index (χ3v) is 8.56. The van der Waals surface area contributed by atoms with Crippen molar-refractivity contribution >= 4 is 37.5 Å². The summed E-state index contributed by atoms with van der Waals surface area (Å²) in [4.78, 5) is 17.9. The Labute approximate surface area is 187 Å². The molecule has 0 unspecified atom stereocenters. The number of amides is 1. The van der Waals surface area contributed by atoms with Crippen molar-refractivity contribution in [3.05, 3.63) is 57.9 Å². The van der Waals surface area contributed by atoms with E-state index in [0.717, 1.165) is 34.2 Å². The van der Waals surface area contributed by atoms with Gasteiger partial charge < -0.3 is 4.57 Å². The number of benzene rings is 2. The molecule has 31 heavy (non-hydrogen) atoms. The van der Waals surface area contributed by atoms with E-state index in [9.17, 15) is 13.2 Å². The van der Waals surface area contributed by atoms with E-state index in [-0.39, 0.29) is 10.8 Å². The lowest BCUT2D eigenvalue weighted by atomic mass is 10.1. The van der Waals surface area contributed by atoms with Crippen LogP contribution < -0.4 is 4.80 Å². The van der Waals surface area contributed by atoms with Gasteiger partial charge >= 0.3 is 0 Å². The molecule has 8 heteroatoms. The summed E-state index contributed by atoms with van der Waals surface area (Å²) in [7, 11) is -1.67. The summed E-state index contributed by atoms with van der Waals surface area (Å²) < 4.78 is 30.2. The quantitative estimate of drug-likeness (QED) is 0.525. The summed E-state index contributed by atoms with van der Waals surface area (Å²) in [5, 5.41) is 0. The molecule has 3 aromatic rings. The number of hydrogen-bond donors (Lipinski definition) is 0. The molecule has 166 valence electrons. The second-order valence-corrected chi connectivity index (χ2v) is 10.6. The Morgan fingerprint density at radius 3 is 2.42 bits per heavy atom. The van der Waals surface area contributed by atoms with Gasteiger partial charge in [-0.2, -0.15) is 9.30 Å². The minimum Gasteiger partial charge on any atom is -0.319 e. The van der Waals surface area contributed by atoms with E-state index in [1.807, 2.05) is 32.4 Å². The van der Waals surface area contributed by atoms with Crippen LogP contribution in [0.2, 0.25) is 0 Å². The Kier molecular flexibility index (Phi) is 7.13. The Morgan fingerprint density at radius 2 is 1.81 bits per heavy atom. The molecule has 1 heterocycles. The van der Waals surface area contributed by atoms with Gasteiger partial charge in [0.2, 0.25) is 10.0 Å². The average molecular weight is 460 g/mol. The Bertz CT molecular complexity index is 1270. The van der Waals surface area contributed by atoms with Crippen LogP contribution in [0.25, 0.3) is 10.2 Å². The van der Waals surface area contributed by atoms with Gasteiger partial charge in [-0.15, -0.1) is 0 Å². The summed E-state index contributed by atoms with van der Waals surface area (Å²) in [6.45, 7) is 8.87. The second kappa shape index (κ2) is 9.46. The normalized spacial score (nSPS) is 12.8. The van der Waals surface area contributed by atoms with Crippen molar-refractivity contribution in [1.29, 1.82) is 0 Å². The molecule has 3 rings (SSSR count). The van der Waals surface area contributed by atoms with E-state index in [4.69, 9.17) is 0 Å². The smallest absolute Gasteiger partial charge is 0.279 e. The number of thiazole rings is 1. The van der Waals surface area contributed by atoms with Gasteiger partial charge in [-0.25, -0.2) is 8.42 Å². The van der Waals surface area contributed by atoms with Crippen LogP contribution in [0.1, 0.15) is 48.2 Å². The van der Waals surface area contributed by atoms with E-state index >= 15 is 0 Å². The largest absolute Gasteiger partial charge is 0.319 e. The molecule has 0 N–H and O–H groups in total. The Hall–Kier alpha value is -2.29. The fourth-order valence-corrected chi connectivity index (χ4v) is 6.08. The molecule has 0 aliphatic rings. The first-order valence-corrected chi connectivity index (χ1v) is 12.7. The maximum atomic E-state index is 12.9. The molecule has 0 aliphatic carbocycles. The van der Waals surface area contributed by atoms with Gasteiger partial charge in [0.15, 0.2) is 4.80 Å². The van der Waals surface area contributed by atoms with Gasteiger partial charge in [-0.1, -0.05) is 37.7 Å². The summed E-state index contributed by atoms with van der Waals surface area (Å²) in [5.74, 6) is -0.390. The first-order chi connectivity index (χ1) is 14.7. The van der Waals surface area contributed by atoms with Crippen molar-refractivity contribution in [1.82, 2.24) is 8.87 Å².